The van der Waals surface area contributed by atoms with E-state index in [0.29, 0.717) is 54.0 Å². The van der Waals surface area contributed by atoms with E-state index in [1.807, 2.05) is 32.2 Å². The molecule has 1 aromatic carbocycles. The van der Waals surface area contributed by atoms with E-state index >= 15 is 0 Å². The van der Waals surface area contributed by atoms with E-state index < -0.39 is 16.1 Å². The van der Waals surface area contributed by atoms with Gasteiger partial charge in [-0.25, -0.2) is 23.2 Å². The zero-order valence-electron chi connectivity index (χ0n) is 24.0. The van der Waals surface area contributed by atoms with Crippen LogP contribution in [0.5, 0.6) is 5.75 Å². The van der Waals surface area contributed by atoms with Crippen molar-refractivity contribution in [3.05, 3.63) is 59.8 Å². The van der Waals surface area contributed by atoms with E-state index in [1.54, 1.807) is 36.6 Å². The first-order chi connectivity index (χ1) is 19.5. The van der Waals surface area contributed by atoms with Crippen LogP contribution in [0.25, 0.3) is 16.6 Å². The van der Waals surface area contributed by atoms with Gasteiger partial charge in [-0.15, -0.1) is 11.3 Å². The smallest absolute Gasteiger partial charge is 0.408 e. The fourth-order valence-corrected chi connectivity index (χ4v) is 7.41. The molecule has 11 nitrogen and oxygen atoms in total. The first kappa shape index (κ1) is 30.4. The minimum atomic E-state index is -3.58. The first-order valence-electron chi connectivity index (χ1n) is 13.3. The summed E-state index contributed by atoms with van der Waals surface area (Å²) in [5.74, 6) is 1.00. The Balaban J connectivity index is 1.37. The molecule has 4 rings (SSSR count). The van der Waals surface area contributed by atoms with E-state index in [0.717, 1.165) is 21.5 Å². The van der Waals surface area contributed by atoms with Crippen LogP contribution < -0.4 is 15.4 Å². The molecule has 0 bridgehead atoms. The van der Waals surface area contributed by atoms with E-state index in [1.165, 1.54) is 22.6 Å². The van der Waals surface area contributed by atoms with Gasteiger partial charge in [-0.3, -0.25) is 4.90 Å². The Morgan fingerprint density at radius 3 is 2.59 bits per heavy atom. The lowest BCUT2D eigenvalue weighted by Crippen LogP contribution is -2.50. The monoisotopic (exact) mass is 599 g/mol. The molecule has 13 heteroatoms. The molecule has 220 valence electrons. The molecule has 1 amide bonds. The Labute approximate surface area is 245 Å². The number of nitrogens with one attached hydrogen (secondary N) is 2. The number of allylic oxidation sites excluding steroid dienone is 2. The summed E-state index contributed by atoms with van der Waals surface area (Å²) in [6.45, 7) is 10.6. The Morgan fingerprint density at radius 2 is 1.93 bits per heavy atom. The Kier molecular flexibility index (Phi) is 9.64. The second-order valence-corrected chi connectivity index (χ2v) is 13.4. The lowest BCUT2D eigenvalue weighted by molar-refractivity contribution is 0.172. The topological polar surface area (TPSA) is 120 Å². The van der Waals surface area contributed by atoms with Gasteiger partial charge in [0.05, 0.1) is 10.6 Å². The summed E-state index contributed by atoms with van der Waals surface area (Å²) in [6, 6.07) is 8.91. The minimum absolute atomic E-state index is 0.0177. The number of rotatable bonds is 10. The second-order valence-electron chi connectivity index (χ2n) is 10.2. The van der Waals surface area contributed by atoms with Gasteiger partial charge >= 0.3 is 6.09 Å². The van der Waals surface area contributed by atoms with Crippen molar-refractivity contribution in [2.75, 3.05) is 59.2 Å². The molecule has 0 saturated carbocycles. The van der Waals surface area contributed by atoms with Crippen LogP contribution in [0.3, 0.4) is 0 Å². The SMILES string of the molecule is C=C(C)/C=C(\NC)c1ccc(S(=O)(=O)N2CCN(C[C@H](C)Nc3ncnc4c(OC(=O)N(C)C)cccc34)CC2)s1. The Hall–Kier alpha value is -3.52. The van der Waals surface area contributed by atoms with Crippen molar-refractivity contribution in [3.63, 3.8) is 0 Å². The van der Waals surface area contributed by atoms with E-state index in [-0.39, 0.29) is 6.04 Å². The minimum Gasteiger partial charge on any atom is -0.408 e. The molecule has 0 aliphatic carbocycles. The number of anilines is 1. The summed E-state index contributed by atoms with van der Waals surface area (Å²) < 4.78 is 34.1. The molecule has 2 aromatic heterocycles. The molecule has 0 radical (unpaired) electrons. The van der Waals surface area contributed by atoms with Crippen LogP contribution in [0.1, 0.15) is 18.7 Å². The largest absolute Gasteiger partial charge is 0.414 e. The summed E-state index contributed by atoms with van der Waals surface area (Å²) in [5.41, 5.74) is 2.27. The third kappa shape index (κ3) is 7.22. The van der Waals surface area contributed by atoms with E-state index in [4.69, 9.17) is 4.74 Å². The van der Waals surface area contributed by atoms with E-state index in [9.17, 15) is 13.2 Å². The zero-order valence-corrected chi connectivity index (χ0v) is 25.7. The molecule has 0 spiro atoms. The Morgan fingerprint density at radius 1 is 1.20 bits per heavy atom. The quantitative estimate of drug-likeness (QED) is 0.336. The fourth-order valence-electron chi connectivity index (χ4n) is 4.51. The third-order valence-electron chi connectivity index (χ3n) is 6.54. The molecule has 1 atom stereocenters. The average molecular weight is 600 g/mol. The highest BCUT2D eigenvalue weighted by atomic mass is 32.2. The van der Waals surface area contributed by atoms with Crippen LogP contribution in [0.4, 0.5) is 10.6 Å². The molecule has 41 heavy (non-hydrogen) atoms. The van der Waals surface area contributed by atoms with Crippen LogP contribution in [0, 0.1) is 0 Å². The predicted molar refractivity (Wildman–Crippen MR) is 164 cm³/mol. The number of piperazine rings is 1. The van der Waals surface area contributed by atoms with Crippen LogP contribution in [-0.2, 0) is 10.0 Å². The highest BCUT2D eigenvalue weighted by Gasteiger charge is 2.30. The maximum atomic E-state index is 13.4. The molecule has 2 N–H and O–H groups in total. The maximum absolute atomic E-state index is 13.4. The fraction of sp³-hybridized carbons (Fsp3) is 0.393. The van der Waals surface area contributed by atoms with Gasteiger partial charge in [-0.1, -0.05) is 18.2 Å². The number of fused-ring (bicyclic) bond motifs is 1. The number of nitrogens with zero attached hydrogens (tertiary/aromatic N) is 5. The van der Waals surface area contributed by atoms with Gasteiger partial charge in [-0.2, -0.15) is 4.31 Å². The van der Waals surface area contributed by atoms with Gasteiger partial charge in [0.25, 0.3) is 10.0 Å². The number of carbonyl (C=O) groups excluding carboxylic acids is 1. The lowest BCUT2D eigenvalue weighted by Gasteiger charge is -2.35. The second kappa shape index (κ2) is 13.0. The average Bonchev–Trinajstić information content (AvgIpc) is 3.43. The normalized spacial score (nSPS) is 15.9. The van der Waals surface area contributed by atoms with Crippen molar-refractivity contribution in [2.24, 2.45) is 0 Å². The van der Waals surface area contributed by atoms with Gasteiger partial charge in [0, 0.05) is 65.3 Å². The number of sulfonamides is 1. The maximum Gasteiger partial charge on any atom is 0.414 e. The van der Waals surface area contributed by atoms with Gasteiger partial charge in [0.1, 0.15) is 21.9 Å². The number of amides is 1. The summed E-state index contributed by atoms with van der Waals surface area (Å²) in [4.78, 5) is 25.3. The van der Waals surface area contributed by atoms with Crippen LogP contribution in [0.2, 0.25) is 0 Å². The number of aromatic nitrogens is 2. The number of benzene rings is 1. The predicted octanol–water partition coefficient (Wildman–Crippen LogP) is 3.70. The zero-order chi connectivity index (χ0) is 29.7. The lowest BCUT2D eigenvalue weighted by atomic mass is 10.2. The molecule has 3 heterocycles. The van der Waals surface area contributed by atoms with Crippen molar-refractivity contribution in [1.29, 1.82) is 0 Å². The van der Waals surface area contributed by atoms with Crippen LogP contribution in [-0.4, -0.2) is 98.5 Å². The van der Waals surface area contributed by atoms with Crippen molar-refractivity contribution in [3.8, 4) is 5.75 Å². The van der Waals surface area contributed by atoms with Gasteiger partial charge < -0.3 is 20.3 Å². The van der Waals surface area contributed by atoms with E-state index in [2.05, 4.69) is 39.0 Å². The van der Waals surface area contributed by atoms with Crippen molar-refractivity contribution < 1.29 is 17.9 Å². The van der Waals surface area contributed by atoms with Gasteiger partial charge in [0.15, 0.2) is 5.75 Å². The number of thiophene rings is 1. The van der Waals surface area contributed by atoms with Crippen molar-refractivity contribution in [1.82, 2.24) is 29.4 Å². The van der Waals surface area contributed by atoms with Crippen molar-refractivity contribution >= 4 is 49.9 Å². The highest BCUT2D eigenvalue weighted by Crippen LogP contribution is 2.30. The molecule has 1 fully saturated rings. The van der Waals surface area contributed by atoms with Gasteiger partial charge in [0.2, 0.25) is 0 Å². The highest BCUT2D eigenvalue weighted by molar-refractivity contribution is 7.91. The molecule has 1 saturated heterocycles. The van der Waals surface area contributed by atoms with Gasteiger partial charge in [-0.05, 0) is 44.2 Å². The first-order valence-corrected chi connectivity index (χ1v) is 15.5. The number of hydrogen-bond donors (Lipinski definition) is 2. The summed E-state index contributed by atoms with van der Waals surface area (Å²) >= 11 is 1.26. The Bertz CT molecular complexity index is 1540. The van der Waals surface area contributed by atoms with Crippen LogP contribution in [0.15, 0.2) is 59.1 Å². The molecule has 3 aromatic rings. The number of carbonyl (C=O) groups is 1. The van der Waals surface area contributed by atoms with Crippen molar-refractivity contribution in [2.45, 2.75) is 24.1 Å². The summed E-state index contributed by atoms with van der Waals surface area (Å²) in [7, 11) is 1.47. The molecule has 1 aliphatic heterocycles. The molecule has 1 aliphatic rings. The number of ether oxygens (including phenoxy) is 1. The summed E-state index contributed by atoms with van der Waals surface area (Å²) in [6.07, 6.45) is 2.86. The number of para-hydroxylation sites is 1. The molecular weight excluding hydrogens is 562 g/mol. The third-order valence-corrected chi connectivity index (χ3v) is 10.0. The number of hydrogen-bond acceptors (Lipinski definition) is 10. The van der Waals surface area contributed by atoms with Crippen LogP contribution >= 0.6 is 11.3 Å². The molecular formula is C28H37N7O4S2. The summed E-state index contributed by atoms with van der Waals surface area (Å²) in [5, 5.41) is 7.31. The molecule has 0 unspecified atom stereocenters. The standard InChI is InChI=1S/C28H37N7O4S2/c1-19(2)16-22(29-4)24-10-11-25(40-24)41(37,38)35-14-12-34(13-15-35)17-20(3)32-27-21-8-7-9-23(26(21)30-18-31-27)39-28(36)33(5)6/h7-11,16,18,20,29H,1,12-15,17H2,2-6H3,(H,30,31,32)/b22-16-/t20-/m0/s1.